The molecule has 0 spiro atoms. The van der Waals surface area contributed by atoms with E-state index >= 15 is 0 Å². The predicted molar refractivity (Wildman–Crippen MR) is 132 cm³/mol. The first-order chi connectivity index (χ1) is 16.5. The Labute approximate surface area is 203 Å². The number of fused-ring (bicyclic) bond motifs is 2. The molecule has 5 nitrogen and oxygen atoms in total. The number of halogens is 2. The SMILES string of the molecule is CCCCOc1ccc(C2c3c(oc4ccc(Br)cc4c3=O)C(=O)N2c2ccc(F)cc2)cc1. The lowest BCUT2D eigenvalue weighted by Gasteiger charge is -2.25. The highest BCUT2D eigenvalue weighted by atomic mass is 79.9. The lowest BCUT2D eigenvalue weighted by molar-refractivity contribution is 0.0971. The summed E-state index contributed by atoms with van der Waals surface area (Å²) in [4.78, 5) is 28.6. The van der Waals surface area contributed by atoms with Gasteiger partial charge in [-0.25, -0.2) is 4.39 Å². The molecular formula is C27H21BrFNO4. The fourth-order valence-corrected chi connectivity index (χ4v) is 4.57. The molecule has 172 valence electrons. The van der Waals surface area contributed by atoms with Gasteiger partial charge in [0.2, 0.25) is 5.76 Å². The third kappa shape index (κ3) is 3.90. The minimum Gasteiger partial charge on any atom is -0.494 e. The van der Waals surface area contributed by atoms with E-state index in [1.54, 1.807) is 18.2 Å². The molecule has 1 amide bonds. The average Bonchev–Trinajstić information content (AvgIpc) is 3.13. The molecule has 0 saturated heterocycles. The highest BCUT2D eigenvalue weighted by Crippen LogP contribution is 2.41. The molecule has 4 aromatic rings. The Morgan fingerprint density at radius 2 is 1.76 bits per heavy atom. The summed E-state index contributed by atoms with van der Waals surface area (Å²) in [5.41, 5.74) is 1.51. The van der Waals surface area contributed by atoms with Crippen molar-refractivity contribution < 1.29 is 18.3 Å². The largest absolute Gasteiger partial charge is 0.494 e. The van der Waals surface area contributed by atoms with Crippen molar-refractivity contribution in [1.82, 2.24) is 0 Å². The molecule has 0 aliphatic carbocycles. The summed E-state index contributed by atoms with van der Waals surface area (Å²) in [5.74, 6) is -0.151. The molecule has 2 heterocycles. The Balaban J connectivity index is 1.67. The zero-order chi connectivity index (χ0) is 23.8. The van der Waals surface area contributed by atoms with Crippen molar-refractivity contribution in [3.63, 3.8) is 0 Å². The maximum Gasteiger partial charge on any atom is 0.295 e. The topological polar surface area (TPSA) is 59.8 Å². The number of amides is 1. The standard InChI is InChI=1S/C27H21BrFNO4/c1-2-3-14-33-20-11-4-16(5-12-20)24-23-25(31)21-15-17(28)6-13-22(21)34-26(23)27(32)30(24)19-9-7-18(29)8-10-19/h4-13,15,24H,2-3,14H2,1H3. The highest BCUT2D eigenvalue weighted by molar-refractivity contribution is 9.10. The molecule has 3 aromatic carbocycles. The Morgan fingerprint density at radius 1 is 1.03 bits per heavy atom. The van der Waals surface area contributed by atoms with Crippen LogP contribution in [0.2, 0.25) is 0 Å². The second-order valence-electron chi connectivity index (χ2n) is 8.14. The van der Waals surface area contributed by atoms with Crippen molar-refractivity contribution in [2.24, 2.45) is 0 Å². The van der Waals surface area contributed by atoms with Crippen LogP contribution in [0.5, 0.6) is 5.75 Å². The van der Waals surface area contributed by atoms with E-state index in [0.29, 0.717) is 29.0 Å². The minimum absolute atomic E-state index is 0.00239. The molecule has 0 fully saturated rings. The molecule has 0 bridgehead atoms. The summed E-state index contributed by atoms with van der Waals surface area (Å²) in [6.07, 6.45) is 1.99. The fourth-order valence-electron chi connectivity index (χ4n) is 4.21. The number of carbonyl (C=O) groups is 1. The lowest BCUT2D eigenvalue weighted by atomic mass is 9.98. The Morgan fingerprint density at radius 3 is 2.47 bits per heavy atom. The molecule has 1 unspecified atom stereocenters. The van der Waals surface area contributed by atoms with Gasteiger partial charge in [0.15, 0.2) is 5.43 Å². The summed E-state index contributed by atoms with van der Waals surface area (Å²) < 4.78 is 26.1. The molecule has 1 aliphatic heterocycles. The zero-order valence-corrected chi connectivity index (χ0v) is 20.0. The molecule has 1 atom stereocenters. The van der Waals surface area contributed by atoms with E-state index in [2.05, 4.69) is 22.9 Å². The van der Waals surface area contributed by atoms with Crippen molar-refractivity contribution in [2.75, 3.05) is 11.5 Å². The molecule has 1 aliphatic rings. The van der Waals surface area contributed by atoms with Gasteiger partial charge in [0.1, 0.15) is 17.1 Å². The first-order valence-electron chi connectivity index (χ1n) is 11.1. The number of nitrogens with zero attached hydrogens (tertiary/aromatic N) is 1. The van der Waals surface area contributed by atoms with Crippen LogP contribution >= 0.6 is 15.9 Å². The number of ether oxygens (including phenoxy) is 1. The summed E-state index contributed by atoms with van der Waals surface area (Å²) in [7, 11) is 0. The number of anilines is 1. The van der Waals surface area contributed by atoms with Crippen LogP contribution in [-0.4, -0.2) is 12.5 Å². The minimum atomic E-state index is -0.725. The van der Waals surface area contributed by atoms with Crippen molar-refractivity contribution in [3.05, 3.63) is 104 Å². The van der Waals surface area contributed by atoms with Gasteiger partial charge in [0.25, 0.3) is 5.91 Å². The quantitative estimate of drug-likeness (QED) is 0.267. The van der Waals surface area contributed by atoms with Crippen LogP contribution in [0.25, 0.3) is 11.0 Å². The van der Waals surface area contributed by atoms with Crippen LogP contribution in [0.3, 0.4) is 0 Å². The molecule has 1 aromatic heterocycles. The van der Waals surface area contributed by atoms with Crippen LogP contribution in [0, 0.1) is 5.82 Å². The average molecular weight is 522 g/mol. The second-order valence-corrected chi connectivity index (χ2v) is 9.06. The van der Waals surface area contributed by atoms with E-state index in [1.807, 2.05) is 24.3 Å². The molecule has 34 heavy (non-hydrogen) atoms. The van der Waals surface area contributed by atoms with Gasteiger partial charge in [0.05, 0.1) is 23.6 Å². The third-order valence-corrected chi connectivity index (χ3v) is 6.39. The monoisotopic (exact) mass is 521 g/mol. The normalized spacial score (nSPS) is 15.1. The van der Waals surface area contributed by atoms with Gasteiger partial charge in [0, 0.05) is 10.2 Å². The number of rotatable bonds is 6. The summed E-state index contributed by atoms with van der Waals surface area (Å²) in [5, 5.41) is 0.381. The fraction of sp³-hybridized carbons (Fsp3) is 0.185. The Hall–Kier alpha value is -3.45. The molecule has 0 radical (unpaired) electrons. The molecule has 0 N–H and O–H groups in total. The van der Waals surface area contributed by atoms with Crippen LogP contribution in [0.15, 0.2) is 80.4 Å². The zero-order valence-electron chi connectivity index (χ0n) is 18.4. The first kappa shape index (κ1) is 22.3. The maximum atomic E-state index is 13.6. The maximum absolute atomic E-state index is 13.6. The van der Waals surface area contributed by atoms with E-state index in [-0.39, 0.29) is 16.8 Å². The van der Waals surface area contributed by atoms with Crippen molar-refractivity contribution in [3.8, 4) is 5.75 Å². The van der Waals surface area contributed by atoms with Gasteiger partial charge in [-0.3, -0.25) is 14.5 Å². The van der Waals surface area contributed by atoms with Crippen LogP contribution in [0.4, 0.5) is 10.1 Å². The van der Waals surface area contributed by atoms with Gasteiger partial charge in [-0.05, 0) is 66.6 Å². The van der Waals surface area contributed by atoms with Gasteiger partial charge < -0.3 is 9.15 Å². The number of carbonyl (C=O) groups excluding carboxylic acids is 1. The van der Waals surface area contributed by atoms with Crippen LogP contribution in [0.1, 0.15) is 47.5 Å². The molecule has 7 heteroatoms. The lowest BCUT2D eigenvalue weighted by Crippen LogP contribution is -2.29. The third-order valence-electron chi connectivity index (χ3n) is 5.90. The number of benzene rings is 3. The first-order valence-corrected chi connectivity index (χ1v) is 11.9. The van der Waals surface area contributed by atoms with E-state index in [0.717, 1.165) is 22.9 Å². The number of hydrogen-bond donors (Lipinski definition) is 0. The van der Waals surface area contributed by atoms with Crippen LogP contribution in [-0.2, 0) is 0 Å². The van der Waals surface area contributed by atoms with Gasteiger partial charge in [-0.1, -0.05) is 41.4 Å². The predicted octanol–water partition coefficient (Wildman–Crippen LogP) is 6.62. The van der Waals surface area contributed by atoms with Crippen molar-refractivity contribution in [2.45, 2.75) is 25.8 Å². The van der Waals surface area contributed by atoms with E-state index in [1.165, 1.54) is 29.2 Å². The smallest absolute Gasteiger partial charge is 0.295 e. The summed E-state index contributed by atoms with van der Waals surface area (Å²) >= 11 is 3.40. The Kier molecular flexibility index (Phi) is 5.96. The van der Waals surface area contributed by atoms with Gasteiger partial charge in [-0.15, -0.1) is 0 Å². The summed E-state index contributed by atoms with van der Waals surface area (Å²) in [6.45, 7) is 2.71. The highest BCUT2D eigenvalue weighted by Gasteiger charge is 2.43. The number of unbranched alkanes of at least 4 members (excludes halogenated alkanes) is 1. The number of hydrogen-bond acceptors (Lipinski definition) is 4. The molecular weight excluding hydrogens is 501 g/mol. The van der Waals surface area contributed by atoms with E-state index in [4.69, 9.17) is 9.15 Å². The van der Waals surface area contributed by atoms with Crippen molar-refractivity contribution >= 4 is 38.5 Å². The van der Waals surface area contributed by atoms with Gasteiger partial charge in [-0.2, -0.15) is 0 Å². The molecule has 0 saturated carbocycles. The van der Waals surface area contributed by atoms with E-state index in [9.17, 15) is 14.0 Å². The molecule has 5 rings (SSSR count). The van der Waals surface area contributed by atoms with Crippen molar-refractivity contribution in [1.29, 1.82) is 0 Å². The Bertz CT molecular complexity index is 1430. The second kappa shape index (κ2) is 9.06. The van der Waals surface area contributed by atoms with E-state index < -0.39 is 17.8 Å². The van der Waals surface area contributed by atoms with Gasteiger partial charge >= 0.3 is 0 Å². The van der Waals surface area contributed by atoms with Crippen LogP contribution < -0.4 is 15.1 Å². The summed E-state index contributed by atoms with van der Waals surface area (Å²) in [6, 6.07) is 17.3.